The minimum atomic E-state index is -1.77. The van der Waals surface area contributed by atoms with Gasteiger partial charge in [0.15, 0.2) is 16.4 Å². The van der Waals surface area contributed by atoms with Crippen LogP contribution in [0.25, 0.3) is 0 Å². The van der Waals surface area contributed by atoms with Gasteiger partial charge in [0.05, 0.1) is 0 Å². The first-order valence-corrected chi connectivity index (χ1v) is 8.70. The van der Waals surface area contributed by atoms with Crippen LogP contribution in [0.5, 0.6) is 0 Å². The van der Waals surface area contributed by atoms with Crippen molar-refractivity contribution in [1.82, 2.24) is 0 Å². The van der Waals surface area contributed by atoms with Crippen LogP contribution in [0.15, 0.2) is 54.6 Å². The fourth-order valence-corrected chi connectivity index (χ4v) is 3.71. The summed E-state index contributed by atoms with van der Waals surface area (Å²) in [4.78, 5) is 36.7. The normalized spacial score (nSPS) is 16.8. The van der Waals surface area contributed by atoms with Gasteiger partial charge in [0.25, 0.3) is 0 Å². The summed E-state index contributed by atoms with van der Waals surface area (Å²) in [5.74, 6) is -1.75. The van der Waals surface area contributed by atoms with E-state index in [4.69, 9.17) is 11.6 Å². The Balaban J connectivity index is 2.12. The predicted octanol–water partition coefficient (Wildman–Crippen LogP) is 4.44. The van der Waals surface area contributed by atoms with E-state index in [1.165, 1.54) is 0 Å². The monoisotopic (exact) mass is 354 g/mol. The van der Waals surface area contributed by atoms with Crippen LogP contribution in [0.2, 0.25) is 0 Å². The summed E-state index contributed by atoms with van der Waals surface area (Å²) in [6, 6.07) is 15.8. The molecular formula is C21H19ClO3. The molecule has 1 aliphatic rings. The van der Waals surface area contributed by atoms with Gasteiger partial charge >= 0.3 is 0 Å². The minimum Gasteiger partial charge on any atom is -0.299 e. The maximum Gasteiger partial charge on any atom is 0.193 e. The molecule has 0 spiro atoms. The third-order valence-electron chi connectivity index (χ3n) is 4.81. The Kier molecular flexibility index (Phi) is 4.61. The van der Waals surface area contributed by atoms with Gasteiger partial charge in [-0.15, -0.1) is 11.6 Å². The highest BCUT2D eigenvalue weighted by atomic mass is 35.5. The lowest BCUT2D eigenvalue weighted by Crippen LogP contribution is -2.42. The van der Waals surface area contributed by atoms with E-state index in [1.54, 1.807) is 38.1 Å². The second-order valence-corrected chi connectivity index (χ2v) is 7.30. The summed E-state index contributed by atoms with van der Waals surface area (Å²) in [6.07, 6.45) is 0.0522. The summed E-state index contributed by atoms with van der Waals surface area (Å²) >= 11 is 6.73. The van der Waals surface area contributed by atoms with Crippen molar-refractivity contribution in [1.29, 1.82) is 0 Å². The largest absolute Gasteiger partial charge is 0.299 e. The van der Waals surface area contributed by atoms with Crippen LogP contribution in [0, 0.1) is 5.92 Å². The molecule has 2 aromatic carbocycles. The molecule has 0 saturated carbocycles. The van der Waals surface area contributed by atoms with Crippen LogP contribution in [0.3, 0.4) is 0 Å². The van der Waals surface area contributed by atoms with E-state index >= 15 is 0 Å². The molecule has 128 valence electrons. The zero-order chi connectivity index (χ0) is 18.2. The molecule has 0 amide bonds. The van der Waals surface area contributed by atoms with Gasteiger partial charge in [0.2, 0.25) is 0 Å². The second kappa shape index (κ2) is 6.57. The molecule has 0 aliphatic heterocycles. The highest BCUT2D eigenvalue weighted by molar-refractivity contribution is 6.55. The van der Waals surface area contributed by atoms with Crippen molar-refractivity contribution in [2.75, 3.05) is 0 Å². The van der Waals surface area contributed by atoms with Crippen LogP contribution in [-0.4, -0.2) is 22.2 Å². The minimum absolute atomic E-state index is 0.0227. The predicted molar refractivity (Wildman–Crippen MR) is 97.3 cm³/mol. The molecule has 0 fully saturated rings. The Labute approximate surface area is 152 Å². The van der Waals surface area contributed by atoms with Crippen LogP contribution in [0.1, 0.15) is 52.5 Å². The molecule has 1 atom stereocenters. The first-order chi connectivity index (χ1) is 11.9. The molecule has 2 aromatic rings. The first-order valence-electron chi connectivity index (χ1n) is 8.32. The number of benzene rings is 2. The van der Waals surface area contributed by atoms with Gasteiger partial charge in [-0.25, -0.2) is 0 Å². The van der Waals surface area contributed by atoms with E-state index in [1.807, 2.05) is 30.3 Å². The number of carbonyl (C=O) groups excluding carboxylic acids is 3. The zero-order valence-electron chi connectivity index (χ0n) is 14.2. The molecule has 4 heteroatoms. The molecule has 0 heterocycles. The summed E-state index contributed by atoms with van der Waals surface area (Å²) in [5.41, 5.74) is 1.39. The molecule has 0 N–H and O–H groups in total. The van der Waals surface area contributed by atoms with Crippen molar-refractivity contribution < 1.29 is 14.4 Å². The maximum absolute atomic E-state index is 13.0. The van der Waals surface area contributed by atoms with Gasteiger partial charge in [0.1, 0.15) is 5.78 Å². The SMILES string of the molecule is CC(C)C(=O)CC(c1ccccc1)C1(Cl)C(=O)c2ccccc2C1=O. The van der Waals surface area contributed by atoms with Gasteiger partial charge < -0.3 is 0 Å². The fourth-order valence-electron chi connectivity index (χ4n) is 3.30. The Bertz CT molecular complexity index is 804. The van der Waals surface area contributed by atoms with Crippen LogP contribution < -0.4 is 0 Å². The number of fused-ring (bicyclic) bond motifs is 1. The van der Waals surface area contributed by atoms with Gasteiger partial charge in [-0.1, -0.05) is 68.4 Å². The van der Waals surface area contributed by atoms with E-state index < -0.39 is 22.4 Å². The highest BCUT2D eigenvalue weighted by Crippen LogP contribution is 2.46. The van der Waals surface area contributed by atoms with Crippen molar-refractivity contribution >= 4 is 29.0 Å². The lowest BCUT2D eigenvalue weighted by molar-refractivity contribution is -0.122. The van der Waals surface area contributed by atoms with Gasteiger partial charge in [0, 0.05) is 29.4 Å². The van der Waals surface area contributed by atoms with Crippen LogP contribution in [-0.2, 0) is 4.79 Å². The van der Waals surface area contributed by atoms with Gasteiger partial charge in [-0.2, -0.15) is 0 Å². The van der Waals surface area contributed by atoms with Crippen molar-refractivity contribution in [3.63, 3.8) is 0 Å². The maximum atomic E-state index is 13.0. The smallest absolute Gasteiger partial charge is 0.193 e. The number of hydrogen-bond donors (Lipinski definition) is 0. The number of carbonyl (C=O) groups is 3. The zero-order valence-corrected chi connectivity index (χ0v) is 14.9. The number of alkyl halides is 1. The molecule has 0 saturated heterocycles. The lowest BCUT2D eigenvalue weighted by atomic mass is 9.77. The van der Waals surface area contributed by atoms with E-state index in [-0.39, 0.29) is 18.1 Å². The van der Waals surface area contributed by atoms with Gasteiger partial charge in [-0.3, -0.25) is 14.4 Å². The molecule has 3 rings (SSSR count). The number of hydrogen-bond acceptors (Lipinski definition) is 3. The molecule has 0 bridgehead atoms. The summed E-state index contributed by atoms with van der Waals surface area (Å²) in [5, 5.41) is 0. The third-order valence-corrected chi connectivity index (χ3v) is 5.42. The van der Waals surface area contributed by atoms with Crippen molar-refractivity contribution in [3.05, 3.63) is 71.3 Å². The van der Waals surface area contributed by atoms with E-state index in [0.29, 0.717) is 11.1 Å². The average Bonchev–Trinajstić information content (AvgIpc) is 2.82. The third kappa shape index (κ3) is 2.83. The topological polar surface area (TPSA) is 51.2 Å². The Morgan fingerprint density at radius 2 is 1.40 bits per heavy atom. The first kappa shape index (κ1) is 17.6. The molecule has 0 radical (unpaired) electrons. The fraction of sp³-hybridized carbons (Fsp3) is 0.286. The number of ketones is 3. The van der Waals surface area contributed by atoms with Gasteiger partial charge in [-0.05, 0) is 5.56 Å². The summed E-state index contributed by atoms with van der Waals surface area (Å²) < 4.78 is 0. The molecule has 3 nitrogen and oxygen atoms in total. The standard InChI is InChI=1S/C21H19ClO3/c1-13(2)18(23)12-17(14-8-4-3-5-9-14)21(22)19(24)15-10-6-7-11-16(15)20(21)25/h3-11,13,17H,12H2,1-2H3. The summed E-state index contributed by atoms with van der Waals surface area (Å²) in [6.45, 7) is 3.61. The van der Waals surface area contributed by atoms with Crippen molar-refractivity contribution in [2.24, 2.45) is 5.92 Å². The molecular weight excluding hydrogens is 336 g/mol. The van der Waals surface area contributed by atoms with Crippen LogP contribution >= 0.6 is 11.6 Å². The summed E-state index contributed by atoms with van der Waals surface area (Å²) in [7, 11) is 0. The highest BCUT2D eigenvalue weighted by Gasteiger charge is 2.57. The van der Waals surface area contributed by atoms with E-state index in [9.17, 15) is 14.4 Å². The van der Waals surface area contributed by atoms with Crippen molar-refractivity contribution in [3.8, 4) is 0 Å². The molecule has 1 aliphatic carbocycles. The number of rotatable bonds is 5. The Morgan fingerprint density at radius 3 is 1.88 bits per heavy atom. The van der Waals surface area contributed by atoms with E-state index in [2.05, 4.69) is 0 Å². The number of Topliss-reactive ketones (excluding diaryl/α,β-unsaturated/α-hetero) is 3. The Morgan fingerprint density at radius 1 is 0.920 bits per heavy atom. The second-order valence-electron chi connectivity index (χ2n) is 6.70. The lowest BCUT2D eigenvalue weighted by Gasteiger charge is -2.29. The number of halogens is 1. The van der Waals surface area contributed by atoms with E-state index in [0.717, 1.165) is 5.56 Å². The van der Waals surface area contributed by atoms with Crippen LogP contribution in [0.4, 0.5) is 0 Å². The molecule has 1 unspecified atom stereocenters. The average molecular weight is 355 g/mol. The molecule has 0 aromatic heterocycles. The quantitative estimate of drug-likeness (QED) is 0.589. The Hall–Kier alpha value is -2.26. The van der Waals surface area contributed by atoms with Crippen molar-refractivity contribution in [2.45, 2.75) is 31.1 Å². The molecule has 25 heavy (non-hydrogen) atoms.